The number of hydrogen-bond donors (Lipinski definition) is 1. The zero-order chi connectivity index (χ0) is 21.1. The summed E-state index contributed by atoms with van der Waals surface area (Å²) in [5, 5.41) is 4.22. The van der Waals surface area contributed by atoms with Crippen LogP contribution in [0.2, 0.25) is 0 Å². The Balaban J connectivity index is 1.65. The molecule has 2 atom stereocenters. The van der Waals surface area contributed by atoms with E-state index in [9.17, 15) is 0 Å². The molecule has 3 aromatic rings. The van der Waals surface area contributed by atoms with Gasteiger partial charge in [0.05, 0.1) is 11.7 Å². The summed E-state index contributed by atoms with van der Waals surface area (Å²) in [6.07, 6.45) is 2.84. The van der Waals surface area contributed by atoms with Crippen LogP contribution < -0.4 is 5.32 Å². The van der Waals surface area contributed by atoms with E-state index in [4.69, 9.17) is 16.6 Å². The van der Waals surface area contributed by atoms with Crippen LogP contribution >= 0.6 is 28.1 Å². The molecule has 4 rings (SSSR count). The van der Waals surface area contributed by atoms with Gasteiger partial charge in [-0.05, 0) is 75.7 Å². The molecule has 0 aliphatic carbocycles. The molecule has 0 saturated carbocycles. The largest absolute Gasteiger partial charge is 0.459 e. The van der Waals surface area contributed by atoms with Gasteiger partial charge in [0.15, 0.2) is 5.11 Å². The first kappa shape index (κ1) is 21.0. The lowest BCUT2D eigenvalue weighted by atomic mass is 10.0. The van der Waals surface area contributed by atoms with Crippen molar-refractivity contribution in [2.24, 2.45) is 0 Å². The highest BCUT2D eigenvalue weighted by molar-refractivity contribution is 9.10. The Labute approximate surface area is 191 Å². The van der Waals surface area contributed by atoms with Crippen molar-refractivity contribution in [3.63, 3.8) is 0 Å². The Bertz CT molecular complexity index is 990. The molecule has 1 aliphatic heterocycles. The summed E-state index contributed by atoms with van der Waals surface area (Å²) in [4.78, 5) is 9.01. The fraction of sp³-hybridized carbons (Fsp3) is 0.304. The Morgan fingerprint density at radius 2 is 1.93 bits per heavy atom. The summed E-state index contributed by atoms with van der Waals surface area (Å²) in [7, 11) is 4.18. The third kappa shape index (κ3) is 4.58. The molecule has 1 fully saturated rings. The molecule has 7 heteroatoms. The number of pyridine rings is 1. The summed E-state index contributed by atoms with van der Waals surface area (Å²) in [5.74, 6) is 1.74. The maximum Gasteiger partial charge on any atom is 0.170 e. The zero-order valence-electron chi connectivity index (χ0n) is 17.1. The predicted molar refractivity (Wildman–Crippen MR) is 127 cm³/mol. The first-order valence-electron chi connectivity index (χ1n) is 10.0. The van der Waals surface area contributed by atoms with Crippen LogP contribution in [0.15, 0.2) is 69.7 Å². The van der Waals surface area contributed by atoms with E-state index in [1.165, 1.54) is 0 Å². The molecule has 0 spiro atoms. The standard InChI is InChI=1S/C23H25BrN4OS/c1-27(2)14-5-15-28-22(21(26-23(28)30)18-6-3-4-13-25-18)20-12-11-19(29-20)16-7-9-17(24)10-8-16/h3-4,6-13,21-22H,5,14-15H2,1-2H3,(H,26,30)/t21-,22-/m0/s1. The van der Waals surface area contributed by atoms with Gasteiger partial charge in [-0.3, -0.25) is 4.98 Å². The second kappa shape index (κ2) is 9.29. The lowest BCUT2D eigenvalue weighted by molar-refractivity contribution is 0.261. The van der Waals surface area contributed by atoms with Gasteiger partial charge in [-0.1, -0.05) is 34.1 Å². The molecular weight excluding hydrogens is 460 g/mol. The molecule has 156 valence electrons. The average Bonchev–Trinajstić information content (AvgIpc) is 3.34. The Kier molecular flexibility index (Phi) is 6.51. The topological polar surface area (TPSA) is 44.5 Å². The molecule has 0 unspecified atom stereocenters. The number of rotatable bonds is 7. The highest BCUT2D eigenvalue weighted by Crippen LogP contribution is 2.40. The Morgan fingerprint density at radius 1 is 1.13 bits per heavy atom. The van der Waals surface area contributed by atoms with Crippen LogP contribution in [0, 0.1) is 0 Å². The van der Waals surface area contributed by atoms with Crippen molar-refractivity contribution in [1.82, 2.24) is 20.1 Å². The van der Waals surface area contributed by atoms with Crippen LogP contribution in [0.25, 0.3) is 11.3 Å². The van der Waals surface area contributed by atoms with E-state index in [1.807, 2.05) is 42.6 Å². The lowest BCUT2D eigenvalue weighted by Crippen LogP contribution is -2.32. The number of aromatic nitrogens is 1. The second-order valence-corrected chi connectivity index (χ2v) is 8.99. The van der Waals surface area contributed by atoms with Crippen LogP contribution in [0.3, 0.4) is 0 Å². The fourth-order valence-electron chi connectivity index (χ4n) is 3.79. The molecular formula is C23H25BrN4OS. The molecule has 3 heterocycles. The minimum absolute atomic E-state index is 0.0428. The number of hydrogen-bond acceptors (Lipinski definition) is 4. The van der Waals surface area contributed by atoms with Crippen molar-refractivity contribution in [2.75, 3.05) is 27.2 Å². The van der Waals surface area contributed by atoms with E-state index >= 15 is 0 Å². The highest BCUT2D eigenvalue weighted by atomic mass is 79.9. The number of benzene rings is 1. The van der Waals surface area contributed by atoms with Gasteiger partial charge in [-0.15, -0.1) is 0 Å². The van der Waals surface area contributed by atoms with Gasteiger partial charge in [-0.25, -0.2) is 0 Å². The summed E-state index contributed by atoms with van der Waals surface area (Å²) >= 11 is 9.20. The van der Waals surface area contributed by atoms with E-state index in [2.05, 4.69) is 68.3 Å². The van der Waals surface area contributed by atoms with Crippen LogP contribution in [0.1, 0.15) is 30.0 Å². The van der Waals surface area contributed by atoms with Crippen LogP contribution in [-0.2, 0) is 0 Å². The van der Waals surface area contributed by atoms with Crippen molar-refractivity contribution in [3.05, 3.63) is 76.7 Å². The molecule has 5 nitrogen and oxygen atoms in total. The first-order valence-corrected chi connectivity index (χ1v) is 11.2. The van der Waals surface area contributed by atoms with Crippen molar-refractivity contribution in [2.45, 2.75) is 18.5 Å². The van der Waals surface area contributed by atoms with Gasteiger partial charge in [0.1, 0.15) is 17.6 Å². The second-order valence-electron chi connectivity index (χ2n) is 7.69. The van der Waals surface area contributed by atoms with Gasteiger partial charge >= 0.3 is 0 Å². The van der Waals surface area contributed by atoms with E-state index in [0.29, 0.717) is 0 Å². The predicted octanol–water partition coefficient (Wildman–Crippen LogP) is 5.03. The third-order valence-electron chi connectivity index (χ3n) is 5.25. The van der Waals surface area contributed by atoms with Gasteiger partial charge < -0.3 is 19.5 Å². The molecule has 0 amide bonds. The number of thiocarbonyl (C=S) groups is 1. The van der Waals surface area contributed by atoms with Crippen molar-refractivity contribution >= 4 is 33.3 Å². The van der Waals surface area contributed by atoms with Gasteiger partial charge in [0.2, 0.25) is 0 Å². The molecule has 1 saturated heterocycles. The average molecular weight is 485 g/mol. The van der Waals surface area contributed by atoms with Crippen molar-refractivity contribution in [1.29, 1.82) is 0 Å². The Hall–Kier alpha value is -2.22. The normalized spacial score (nSPS) is 18.8. The molecule has 0 bridgehead atoms. The first-order chi connectivity index (χ1) is 14.5. The molecule has 0 radical (unpaired) electrons. The number of furan rings is 1. The van der Waals surface area contributed by atoms with Crippen LogP contribution in [0.5, 0.6) is 0 Å². The third-order valence-corrected chi connectivity index (χ3v) is 6.13. The van der Waals surface area contributed by atoms with Crippen LogP contribution in [-0.4, -0.2) is 47.1 Å². The van der Waals surface area contributed by atoms with Crippen LogP contribution in [0.4, 0.5) is 0 Å². The van der Waals surface area contributed by atoms with E-state index in [0.717, 1.165) is 51.9 Å². The highest BCUT2D eigenvalue weighted by Gasteiger charge is 2.41. The maximum atomic E-state index is 6.36. The maximum absolute atomic E-state index is 6.36. The summed E-state index contributed by atoms with van der Waals surface area (Å²) < 4.78 is 7.40. The quantitative estimate of drug-likeness (QED) is 0.474. The molecule has 2 aromatic heterocycles. The van der Waals surface area contributed by atoms with Gasteiger partial charge in [0.25, 0.3) is 0 Å². The Morgan fingerprint density at radius 3 is 2.63 bits per heavy atom. The number of nitrogens with one attached hydrogen (secondary N) is 1. The van der Waals surface area contributed by atoms with E-state index in [-0.39, 0.29) is 12.1 Å². The van der Waals surface area contributed by atoms with Crippen molar-refractivity contribution < 1.29 is 4.42 Å². The number of halogens is 1. The smallest absolute Gasteiger partial charge is 0.170 e. The van der Waals surface area contributed by atoms with Crippen molar-refractivity contribution in [3.8, 4) is 11.3 Å². The molecule has 30 heavy (non-hydrogen) atoms. The van der Waals surface area contributed by atoms with E-state index < -0.39 is 0 Å². The van der Waals surface area contributed by atoms with Gasteiger partial charge in [0, 0.05) is 22.8 Å². The summed E-state index contributed by atoms with van der Waals surface area (Å²) in [6, 6.07) is 18.1. The minimum Gasteiger partial charge on any atom is -0.459 e. The van der Waals surface area contributed by atoms with Gasteiger partial charge in [-0.2, -0.15) is 0 Å². The zero-order valence-corrected chi connectivity index (χ0v) is 19.5. The summed E-state index contributed by atoms with van der Waals surface area (Å²) in [6.45, 7) is 1.86. The minimum atomic E-state index is -0.0537. The molecule has 1 aromatic carbocycles. The monoisotopic (exact) mass is 484 g/mol. The van der Waals surface area contributed by atoms with E-state index in [1.54, 1.807) is 0 Å². The molecule has 1 N–H and O–H groups in total. The number of nitrogens with zero attached hydrogens (tertiary/aromatic N) is 3. The SMILES string of the molecule is CN(C)CCCN1C(=S)N[C@@H](c2ccccn2)[C@@H]1c1ccc(-c2ccc(Br)cc2)o1. The summed E-state index contributed by atoms with van der Waals surface area (Å²) in [5.41, 5.74) is 2.01. The molecule has 1 aliphatic rings. The fourth-order valence-corrected chi connectivity index (χ4v) is 4.39. The lowest BCUT2D eigenvalue weighted by Gasteiger charge is -2.26.